The summed E-state index contributed by atoms with van der Waals surface area (Å²) in [7, 11) is 0. The fourth-order valence-electron chi connectivity index (χ4n) is 4.12. The van der Waals surface area contributed by atoms with Gasteiger partial charge in [0.1, 0.15) is 11.3 Å². The molecule has 6 rings (SSSR count). The Bertz CT molecular complexity index is 1300. The smallest absolute Gasteiger partial charge is 0.281 e. The van der Waals surface area contributed by atoms with Gasteiger partial charge in [-0.3, -0.25) is 0 Å². The van der Waals surface area contributed by atoms with Crippen molar-refractivity contribution in [2.24, 2.45) is 0 Å². The van der Waals surface area contributed by atoms with E-state index in [0.29, 0.717) is 22.6 Å². The van der Waals surface area contributed by atoms with Gasteiger partial charge in [-0.05, 0) is 48.2 Å². The largest absolute Gasteiger partial charge is 0.464 e. The number of aromatic nitrogens is 2. The molecule has 6 heteroatoms. The third-order valence-corrected chi connectivity index (χ3v) is 6.50. The minimum Gasteiger partial charge on any atom is -0.464 e. The summed E-state index contributed by atoms with van der Waals surface area (Å²) in [6.45, 7) is 0.787. The maximum atomic E-state index is 5.95. The monoisotopic (exact) mass is 413 g/mol. The number of nitrogens with zero attached hydrogens (tertiary/aromatic N) is 2. The third kappa shape index (κ3) is 3.24. The maximum Gasteiger partial charge on any atom is 0.281 e. The topological polar surface area (TPSA) is 60.2 Å². The molecule has 1 aliphatic rings. The number of hydrogen-bond acceptors (Lipinski definition) is 6. The molecule has 5 aromatic rings. The molecule has 1 aliphatic carbocycles. The Hall–Kier alpha value is -3.22. The molecule has 0 atom stereocenters. The van der Waals surface area contributed by atoms with Gasteiger partial charge < -0.3 is 14.5 Å². The zero-order chi connectivity index (χ0) is 19.9. The molecule has 0 amide bonds. The minimum absolute atomic E-state index is 0.475. The lowest BCUT2D eigenvalue weighted by Gasteiger charge is -2.11. The molecule has 3 aromatic heterocycles. The molecule has 0 unspecified atom stereocenters. The van der Waals surface area contributed by atoms with Gasteiger partial charge in [-0.25, -0.2) is 4.98 Å². The first kappa shape index (κ1) is 17.6. The summed E-state index contributed by atoms with van der Waals surface area (Å²) < 4.78 is 12.8. The number of pyridine rings is 1. The van der Waals surface area contributed by atoms with Gasteiger partial charge in [-0.15, -0.1) is 0 Å². The van der Waals surface area contributed by atoms with Gasteiger partial charge >= 0.3 is 0 Å². The third-order valence-electron chi connectivity index (χ3n) is 5.61. The Morgan fingerprint density at radius 2 is 1.93 bits per heavy atom. The highest BCUT2D eigenvalue weighted by Crippen LogP contribution is 2.33. The van der Waals surface area contributed by atoms with Crippen molar-refractivity contribution in [3.8, 4) is 10.9 Å². The van der Waals surface area contributed by atoms with Crippen molar-refractivity contribution in [2.45, 2.75) is 25.4 Å². The van der Waals surface area contributed by atoms with Crippen LogP contribution in [0.3, 0.4) is 0 Å². The molecule has 0 radical (unpaired) electrons. The van der Waals surface area contributed by atoms with E-state index >= 15 is 0 Å². The van der Waals surface area contributed by atoms with Gasteiger partial charge in [0.25, 0.3) is 5.19 Å². The van der Waals surface area contributed by atoms with Gasteiger partial charge in [0.15, 0.2) is 5.65 Å². The highest BCUT2D eigenvalue weighted by molar-refractivity contribution is 7.20. The summed E-state index contributed by atoms with van der Waals surface area (Å²) in [5.74, 6) is 0.710. The average molecular weight is 414 g/mol. The molecule has 0 aliphatic heterocycles. The van der Waals surface area contributed by atoms with E-state index < -0.39 is 0 Å². The number of thiazole rings is 1. The zero-order valence-electron chi connectivity index (χ0n) is 16.2. The number of furan rings is 1. The SMILES string of the molecule is c1ccc2c(c1)CC(NCc1coc3cc(Oc4nc5ncccc5s4)ccc13)C2. The molecule has 2 aromatic carbocycles. The molecule has 30 heavy (non-hydrogen) atoms. The lowest BCUT2D eigenvalue weighted by molar-refractivity contribution is 0.479. The van der Waals surface area contributed by atoms with E-state index in [9.17, 15) is 0 Å². The van der Waals surface area contributed by atoms with E-state index in [1.807, 2.05) is 30.5 Å². The second-order valence-electron chi connectivity index (χ2n) is 7.58. The quantitative estimate of drug-likeness (QED) is 0.413. The van der Waals surface area contributed by atoms with Crippen LogP contribution in [0.15, 0.2) is 71.5 Å². The highest BCUT2D eigenvalue weighted by atomic mass is 32.1. The number of hydrogen-bond donors (Lipinski definition) is 1. The predicted octanol–water partition coefficient (Wildman–Crippen LogP) is 5.49. The second kappa shape index (κ2) is 7.23. The predicted molar refractivity (Wildman–Crippen MR) is 118 cm³/mol. The van der Waals surface area contributed by atoms with Crippen LogP contribution >= 0.6 is 11.3 Å². The number of rotatable bonds is 5. The van der Waals surface area contributed by atoms with E-state index in [2.05, 4.69) is 45.6 Å². The van der Waals surface area contributed by atoms with E-state index in [1.54, 1.807) is 6.20 Å². The molecular weight excluding hydrogens is 394 g/mol. The molecule has 0 fully saturated rings. The lowest BCUT2D eigenvalue weighted by Crippen LogP contribution is -2.28. The number of fused-ring (bicyclic) bond motifs is 3. The Balaban J connectivity index is 1.16. The summed E-state index contributed by atoms with van der Waals surface area (Å²) in [5, 5.41) is 5.37. The molecule has 3 heterocycles. The molecule has 148 valence electrons. The van der Waals surface area contributed by atoms with Crippen molar-refractivity contribution < 1.29 is 9.15 Å². The van der Waals surface area contributed by atoms with Crippen LogP contribution < -0.4 is 10.1 Å². The van der Waals surface area contributed by atoms with Crippen LogP contribution in [-0.4, -0.2) is 16.0 Å². The molecule has 0 saturated carbocycles. The average Bonchev–Trinajstić information content (AvgIpc) is 3.47. The lowest BCUT2D eigenvalue weighted by atomic mass is 10.1. The van der Waals surface area contributed by atoms with E-state index in [1.165, 1.54) is 22.5 Å². The summed E-state index contributed by atoms with van der Waals surface area (Å²) >= 11 is 1.48. The van der Waals surface area contributed by atoms with Crippen LogP contribution in [0.4, 0.5) is 0 Å². The second-order valence-corrected chi connectivity index (χ2v) is 8.57. The molecule has 0 saturated heterocycles. The summed E-state index contributed by atoms with van der Waals surface area (Å²) in [5.41, 5.74) is 5.60. The fraction of sp³-hybridized carbons (Fsp3) is 0.167. The Morgan fingerprint density at radius 1 is 1.07 bits per heavy atom. The minimum atomic E-state index is 0.475. The standard InChI is InChI=1S/C24H19N3O2S/c1-2-5-16-11-18(10-15(16)4-1)26-13-17-14-28-21-12-19(7-8-20(17)21)29-24-27-23-22(30-24)6-3-9-25-23/h1-9,12,14,18,26H,10-11,13H2. The van der Waals surface area contributed by atoms with Gasteiger partial charge in [0.05, 0.1) is 11.0 Å². The van der Waals surface area contributed by atoms with Crippen molar-refractivity contribution in [1.29, 1.82) is 0 Å². The molecular formula is C24H19N3O2S. The van der Waals surface area contributed by atoms with Crippen molar-refractivity contribution in [2.75, 3.05) is 0 Å². The molecule has 0 spiro atoms. The highest BCUT2D eigenvalue weighted by Gasteiger charge is 2.20. The first-order valence-electron chi connectivity index (χ1n) is 10.0. The summed E-state index contributed by atoms with van der Waals surface area (Å²) in [6.07, 6.45) is 5.74. The van der Waals surface area contributed by atoms with Crippen molar-refractivity contribution in [3.63, 3.8) is 0 Å². The Kier molecular flexibility index (Phi) is 4.25. The fourth-order valence-corrected chi connectivity index (χ4v) is 4.91. The summed E-state index contributed by atoms with van der Waals surface area (Å²) in [6, 6.07) is 19.0. The van der Waals surface area contributed by atoms with Gasteiger partial charge in [-0.2, -0.15) is 4.98 Å². The Labute approximate surface area is 177 Å². The van der Waals surface area contributed by atoms with E-state index in [4.69, 9.17) is 9.15 Å². The first-order chi connectivity index (χ1) is 14.8. The first-order valence-corrected chi connectivity index (χ1v) is 10.8. The van der Waals surface area contributed by atoms with Gasteiger partial charge in [0, 0.05) is 35.8 Å². The maximum absolute atomic E-state index is 5.95. The normalized spacial score (nSPS) is 13.9. The number of ether oxygens (including phenoxy) is 1. The van der Waals surface area contributed by atoms with Crippen LogP contribution in [0.5, 0.6) is 10.9 Å². The van der Waals surface area contributed by atoms with E-state index in [-0.39, 0.29) is 0 Å². The van der Waals surface area contributed by atoms with Crippen LogP contribution in [0, 0.1) is 0 Å². The molecule has 1 N–H and O–H groups in total. The van der Waals surface area contributed by atoms with E-state index in [0.717, 1.165) is 40.6 Å². The van der Waals surface area contributed by atoms with Crippen LogP contribution in [0.1, 0.15) is 16.7 Å². The molecule has 5 nitrogen and oxygen atoms in total. The summed E-state index contributed by atoms with van der Waals surface area (Å²) in [4.78, 5) is 8.69. The Morgan fingerprint density at radius 3 is 2.77 bits per heavy atom. The van der Waals surface area contributed by atoms with Crippen molar-refractivity contribution >= 4 is 32.7 Å². The molecule has 0 bridgehead atoms. The number of benzene rings is 2. The zero-order valence-corrected chi connectivity index (χ0v) is 17.0. The van der Waals surface area contributed by atoms with Gasteiger partial charge in [0.2, 0.25) is 0 Å². The van der Waals surface area contributed by atoms with Gasteiger partial charge in [-0.1, -0.05) is 35.6 Å². The number of nitrogens with one attached hydrogen (secondary N) is 1. The van der Waals surface area contributed by atoms with Crippen molar-refractivity contribution in [3.05, 3.63) is 83.7 Å². The van der Waals surface area contributed by atoms with Crippen LogP contribution in [-0.2, 0) is 19.4 Å². The van der Waals surface area contributed by atoms with Crippen LogP contribution in [0.25, 0.3) is 21.3 Å². The van der Waals surface area contributed by atoms with Crippen molar-refractivity contribution in [1.82, 2.24) is 15.3 Å². The van der Waals surface area contributed by atoms with Crippen LogP contribution in [0.2, 0.25) is 0 Å².